The molecule has 1 N–H and O–H groups in total. The number of carbonyl (C=O) groups is 2. The number of amides is 2. The molecule has 0 unspecified atom stereocenters. The molecule has 0 aromatic heterocycles. The highest BCUT2D eigenvalue weighted by atomic mass is 19.1. The third-order valence-electron chi connectivity index (χ3n) is 5.21. The van der Waals surface area contributed by atoms with Crippen molar-refractivity contribution >= 4 is 11.8 Å². The lowest BCUT2D eigenvalue weighted by atomic mass is 9.89. The van der Waals surface area contributed by atoms with Crippen LogP contribution in [0.5, 0.6) is 0 Å². The number of benzene rings is 1. The zero-order valence-corrected chi connectivity index (χ0v) is 15.5. The van der Waals surface area contributed by atoms with E-state index in [0.29, 0.717) is 25.3 Å². The van der Waals surface area contributed by atoms with Gasteiger partial charge in [-0.25, -0.2) is 4.39 Å². The van der Waals surface area contributed by atoms with Crippen LogP contribution in [0.25, 0.3) is 0 Å². The molecule has 1 aromatic rings. The van der Waals surface area contributed by atoms with E-state index in [1.807, 2.05) is 13.8 Å². The van der Waals surface area contributed by atoms with Crippen LogP contribution in [0.15, 0.2) is 24.3 Å². The number of ether oxygens (including phenoxy) is 1. The maximum absolute atomic E-state index is 14.2. The molecule has 1 aliphatic carbocycles. The Balaban J connectivity index is 1.91. The van der Waals surface area contributed by atoms with Gasteiger partial charge in [-0.15, -0.1) is 0 Å². The Hall–Kier alpha value is -1.95. The molecule has 142 valence electrons. The summed E-state index contributed by atoms with van der Waals surface area (Å²) in [5, 5.41) is 2.89. The smallest absolute Gasteiger partial charge is 0.259 e. The molecule has 0 bridgehead atoms. The van der Waals surface area contributed by atoms with Crippen molar-refractivity contribution in [1.29, 1.82) is 0 Å². The number of halogens is 1. The molecular formula is C20H27FN2O3. The van der Waals surface area contributed by atoms with Crippen molar-refractivity contribution < 1.29 is 18.7 Å². The van der Waals surface area contributed by atoms with Gasteiger partial charge in [-0.2, -0.15) is 0 Å². The molecule has 2 aliphatic rings. The minimum absolute atomic E-state index is 0.00962. The normalized spacial score (nSPS) is 22.0. The first-order valence-corrected chi connectivity index (χ1v) is 9.44. The predicted molar refractivity (Wildman–Crippen MR) is 96.0 cm³/mol. The van der Waals surface area contributed by atoms with Crippen molar-refractivity contribution in [2.24, 2.45) is 5.92 Å². The van der Waals surface area contributed by atoms with E-state index < -0.39 is 23.5 Å². The number of nitrogens with zero attached hydrogens (tertiary/aromatic N) is 1. The van der Waals surface area contributed by atoms with Crippen LogP contribution < -0.4 is 5.32 Å². The first kappa shape index (κ1) is 18.8. The number of rotatable bonds is 4. The summed E-state index contributed by atoms with van der Waals surface area (Å²) < 4.78 is 20.3. The SMILES string of the molecule is CC(C)CNC(=O)[C@@H]1COC2(CCCCC2)N1C(=O)c1ccccc1F. The Morgan fingerprint density at radius 1 is 1.27 bits per heavy atom. The van der Waals surface area contributed by atoms with Gasteiger partial charge in [0.15, 0.2) is 0 Å². The lowest BCUT2D eigenvalue weighted by molar-refractivity contribution is -0.127. The molecule has 0 radical (unpaired) electrons. The molecule has 1 spiro atoms. The highest BCUT2D eigenvalue weighted by molar-refractivity contribution is 5.98. The van der Waals surface area contributed by atoms with Crippen LogP contribution in [0.3, 0.4) is 0 Å². The van der Waals surface area contributed by atoms with Crippen molar-refractivity contribution in [3.05, 3.63) is 35.6 Å². The molecule has 2 fully saturated rings. The van der Waals surface area contributed by atoms with Crippen LogP contribution in [0, 0.1) is 11.7 Å². The van der Waals surface area contributed by atoms with Crippen molar-refractivity contribution in [3.8, 4) is 0 Å². The Morgan fingerprint density at radius 2 is 1.96 bits per heavy atom. The minimum atomic E-state index is -0.794. The van der Waals surface area contributed by atoms with Crippen LogP contribution in [0.2, 0.25) is 0 Å². The third-order valence-corrected chi connectivity index (χ3v) is 5.21. The standard InChI is InChI=1S/C20H27FN2O3/c1-14(2)12-22-18(24)17-13-26-20(10-6-3-7-11-20)23(17)19(25)15-8-4-5-9-16(15)21/h4-5,8-9,14,17H,3,6-7,10-13H2,1-2H3,(H,22,24)/t17-/m0/s1. The average molecular weight is 362 g/mol. The van der Waals surface area contributed by atoms with Gasteiger partial charge < -0.3 is 10.1 Å². The van der Waals surface area contributed by atoms with Crippen LogP contribution >= 0.6 is 0 Å². The summed E-state index contributed by atoms with van der Waals surface area (Å²) in [5.74, 6) is -0.963. The molecule has 1 aliphatic heterocycles. The molecule has 3 rings (SSSR count). The summed E-state index contributed by atoms with van der Waals surface area (Å²) >= 11 is 0. The fourth-order valence-electron chi connectivity index (χ4n) is 3.86. The molecule has 1 atom stereocenters. The van der Waals surface area contributed by atoms with Crippen LogP contribution in [-0.2, 0) is 9.53 Å². The van der Waals surface area contributed by atoms with E-state index in [4.69, 9.17) is 4.74 Å². The topological polar surface area (TPSA) is 58.6 Å². The summed E-state index contributed by atoms with van der Waals surface area (Å²) in [7, 11) is 0. The van der Waals surface area contributed by atoms with E-state index in [1.165, 1.54) is 17.0 Å². The van der Waals surface area contributed by atoms with E-state index in [2.05, 4.69) is 5.32 Å². The van der Waals surface area contributed by atoms with Crippen LogP contribution in [0.4, 0.5) is 4.39 Å². The lowest BCUT2D eigenvalue weighted by Gasteiger charge is -2.41. The van der Waals surface area contributed by atoms with Crippen molar-refractivity contribution in [2.45, 2.75) is 57.7 Å². The van der Waals surface area contributed by atoms with Gasteiger partial charge in [0.05, 0.1) is 12.2 Å². The van der Waals surface area contributed by atoms with Crippen molar-refractivity contribution in [2.75, 3.05) is 13.2 Å². The molecule has 1 aromatic carbocycles. The van der Waals surface area contributed by atoms with E-state index in [0.717, 1.165) is 19.3 Å². The van der Waals surface area contributed by atoms with Crippen molar-refractivity contribution in [3.63, 3.8) is 0 Å². The highest BCUT2D eigenvalue weighted by Gasteiger charge is 2.53. The van der Waals surface area contributed by atoms with Crippen molar-refractivity contribution in [1.82, 2.24) is 10.2 Å². The second kappa shape index (κ2) is 7.74. The first-order valence-electron chi connectivity index (χ1n) is 9.44. The summed E-state index contributed by atoms with van der Waals surface area (Å²) in [5.41, 5.74) is -0.804. The molecule has 6 heteroatoms. The maximum Gasteiger partial charge on any atom is 0.259 e. The zero-order chi connectivity index (χ0) is 18.7. The van der Waals surface area contributed by atoms with Crippen LogP contribution in [-0.4, -0.2) is 41.6 Å². The second-order valence-corrected chi connectivity index (χ2v) is 7.63. The van der Waals surface area contributed by atoms with E-state index in [-0.39, 0.29) is 18.1 Å². The molecule has 1 saturated carbocycles. The average Bonchev–Trinajstić information content (AvgIpc) is 2.98. The minimum Gasteiger partial charge on any atom is -0.354 e. The number of hydrogen-bond acceptors (Lipinski definition) is 3. The van der Waals surface area contributed by atoms with Gasteiger partial charge in [0.25, 0.3) is 5.91 Å². The van der Waals surface area contributed by atoms with Gasteiger partial charge in [0.1, 0.15) is 17.6 Å². The Bertz CT molecular complexity index is 671. The fourth-order valence-corrected chi connectivity index (χ4v) is 3.86. The summed E-state index contributed by atoms with van der Waals surface area (Å²) in [6, 6.07) is 5.20. The van der Waals surface area contributed by atoms with Gasteiger partial charge >= 0.3 is 0 Å². The molecule has 1 heterocycles. The quantitative estimate of drug-likeness (QED) is 0.895. The zero-order valence-electron chi connectivity index (χ0n) is 15.5. The molecule has 2 amide bonds. The number of nitrogens with one attached hydrogen (secondary N) is 1. The molecule has 5 nitrogen and oxygen atoms in total. The summed E-state index contributed by atoms with van der Waals surface area (Å²) in [6.45, 7) is 4.71. The second-order valence-electron chi connectivity index (χ2n) is 7.63. The van der Waals surface area contributed by atoms with E-state index in [9.17, 15) is 14.0 Å². The highest BCUT2D eigenvalue weighted by Crippen LogP contribution is 2.41. The first-order chi connectivity index (χ1) is 12.4. The van der Waals surface area contributed by atoms with Crippen LogP contribution in [0.1, 0.15) is 56.3 Å². The lowest BCUT2D eigenvalue weighted by Crippen LogP contribution is -2.56. The summed E-state index contributed by atoms with van der Waals surface area (Å²) in [6.07, 6.45) is 4.31. The van der Waals surface area contributed by atoms with E-state index in [1.54, 1.807) is 12.1 Å². The molecule has 26 heavy (non-hydrogen) atoms. The van der Waals surface area contributed by atoms with E-state index >= 15 is 0 Å². The monoisotopic (exact) mass is 362 g/mol. The van der Waals surface area contributed by atoms with Gasteiger partial charge in [0.2, 0.25) is 5.91 Å². The maximum atomic E-state index is 14.2. The Kier molecular flexibility index (Phi) is 5.61. The molecular weight excluding hydrogens is 335 g/mol. The van der Waals surface area contributed by atoms with Gasteiger partial charge in [-0.05, 0) is 43.7 Å². The molecule has 1 saturated heterocycles. The summed E-state index contributed by atoms with van der Waals surface area (Å²) in [4.78, 5) is 27.5. The number of hydrogen-bond donors (Lipinski definition) is 1. The Morgan fingerprint density at radius 3 is 2.62 bits per heavy atom. The Labute approximate surface area is 153 Å². The van der Waals surface area contributed by atoms with Gasteiger partial charge in [0, 0.05) is 6.54 Å². The van der Waals surface area contributed by atoms with Gasteiger partial charge in [-0.3, -0.25) is 14.5 Å². The largest absolute Gasteiger partial charge is 0.354 e. The van der Waals surface area contributed by atoms with Gasteiger partial charge in [-0.1, -0.05) is 32.4 Å². The third kappa shape index (κ3) is 3.61. The number of carbonyl (C=O) groups excluding carboxylic acids is 2. The predicted octanol–water partition coefficient (Wildman–Crippen LogP) is 3.10. The fraction of sp³-hybridized carbons (Fsp3) is 0.600.